The van der Waals surface area contributed by atoms with Crippen molar-refractivity contribution < 1.29 is 0 Å². The highest BCUT2D eigenvalue weighted by Crippen LogP contribution is 2.40. The highest BCUT2D eigenvalue weighted by Gasteiger charge is 2.31. The molecule has 0 amide bonds. The first-order valence-electron chi connectivity index (χ1n) is 4.37. The molecule has 0 unspecified atom stereocenters. The molecular formula is C11H12ClN. The van der Waals surface area contributed by atoms with Crippen LogP contribution < -0.4 is 0 Å². The summed E-state index contributed by atoms with van der Waals surface area (Å²) in [5.41, 5.74) is 3.49. The molecule has 13 heavy (non-hydrogen) atoms. The Hall–Kier alpha value is -0.820. The zero-order valence-corrected chi connectivity index (χ0v) is 8.81. The highest BCUT2D eigenvalue weighted by atomic mass is 35.5. The van der Waals surface area contributed by atoms with E-state index in [-0.39, 0.29) is 5.41 Å². The van der Waals surface area contributed by atoms with Crippen LogP contribution in [-0.2, 0) is 5.41 Å². The molecule has 0 atom stereocenters. The van der Waals surface area contributed by atoms with E-state index in [1.807, 2.05) is 18.2 Å². The van der Waals surface area contributed by atoms with Gasteiger partial charge in [-0.05, 0) is 30.7 Å². The monoisotopic (exact) mass is 193 g/mol. The maximum Gasteiger partial charge on any atom is 0.0671 e. The van der Waals surface area contributed by atoms with E-state index in [1.165, 1.54) is 5.56 Å². The van der Waals surface area contributed by atoms with Gasteiger partial charge >= 0.3 is 0 Å². The summed E-state index contributed by atoms with van der Waals surface area (Å²) in [6.07, 6.45) is 0. The number of fused-ring (bicyclic) bond motifs is 1. The predicted molar refractivity (Wildman–Crippen MR) is 57.2 cm³/mol. The highest BCUT2D eigenvalue weighted by molar-refractivity contribution is 6.30. The van der Waals surface area contributed by atoms with E-state index in [4.69, 9.17) is 11.6 Å². The first kappa shape index (κ1) is 8.76. The smallest absolute Gasteiger partial charge is 0.0671 e. The Balaban J connectivity index is 2.65. The largest absolute Gasteiger partial charge is 0.257 e. The number of benzene rings is 1. The molecule has 0 spiro atoms. The van der Waals surface area contributed by atoms with Crippen LogP contribution in [0.2, 0.25) is 5.02 Å². The molecule has 1 heterocycles. The van der Waals surface area contributed by atoms with Crippen LogP contribution in [-0.4, -0.2) is 5.71 Å². The van der Waals surface area contributed by atoms with E-state index in [9.17, 15) is 0 Å². The van der Waals surface area contributed by atoms with Gasteiger partial charge in [-0.3, -0.25) is 4.99 Å². The lowest BCUT2D eigenvalue weighted by Gasteiger charge is -2.19. The summed E-state index contributed by atoms with van der Waals surface area (Å²) < 4.78 is 0. The van der Waals surface area contributed by atoms with Gasteiger partial charge in [0.2, 0.25) is 0 Å². The normalized spacial score (nSPS) is 18.3. The van der Waals surface area contributed by atoms with Gasteiger partial charge in [0.1, 0.15) is 0 Å². The zero-order valence-electron chi connectivity index (χ0n) is 8.06. The third-order valence-corrected chi connectivity index (χ3v) is 3.06. The van der Waals surface area contributed by atoms with Crippen molar-refractivity contribution in [1.29, 1.82) is 0 Å². The Labute approximate surface area is 83.4 Å². The number of nitrogens with zero attached hydrogens (tertiary/aromatic N) is 1. The Kier molecular flexibility index (Phi) is 1.74. The average molecular weight is 194 g/mol. The van der Waals surface area contributed by atoms with E-state index < -0.39 is 0 Å². The number of hydrogen-bond donors (Lipinski definition) is 0. The van der Waals surface area contributed by atoms with Crippen molar-refractivity contribution in [2.75, 3.05) is 0 Å². The van der Waals surface area contributed by atoms with Crippen molar-refractivity contribution in [3.05, 3.63) is 28.8 Å². The Morgan fingerprint density at radius 1 is 1.31 bits per heavy atom. The summed E-state index contributed by atoms with van der Waals surface area (Å²) in [4.78, 5) is 4.50. The predicted octanol–water partition coefficient (Wildman–Crippen LogP) is 3.72. The molecule has 68 valence electrons. The van der Waals surface area contributed by atoms with Gasteiger partial charge in [-0.2, -0.15) is 0 Å². The van der Waals surface area contributed by atoms with Crippen LogP contribution in [0.4, 0.5) is 5.69 Å². The quantitative estimate of drug-likeness (QED) is 0.596. The molecule has 0 radical (unpaired) electrons. The van der Waals surface area contributed by atoms with Gasteiger partial charge in [0.15, 0.2) is 0 Å². The minimum atomic E-state index is 0.0419. The van der Waals surface area contributed by atoms with Crippen LogP contribution in [0.1, 0.15) is 26.3 Å². The summed E-state index contributed by atoms with van der Waals surface area (Å²) in [7, 11) is 0. The van der Waals surface area contributed by atoms with Gasteiger partial charge < -0.3 is 0 Å². The molecule has 0 fully saturated rings. The van der Waals surface area contributed by atoms with Crippen LogP contribution in [0.25, 0.3) is 0 Å². The van der Waals surface area contributed by atoms with Crippen LogP contribution >= 0.6 is 11.6 Å². The first-order chi connectivity index (χ1) is 6.01. The molecule has 1 aliphatic heterocycles. The van der Waals surface area contributed by atoms with E-state index in [2.05, 4.69) is 25.8 Å². The maximum absolute atomic E-state index is 5.95. The standard InChI is InChI=1S/C11H12ClN/c1-7-11(2,3)9-6-8(12)4-5-10(9)13-7/h4-6H,1-3H3. The fourth-order valence-electron chi connectivity index (χ4n) is 1.62. The SMILES string of the molecule is CC1=Nc2ccc(Cl)cc2C1(C)C. The van der Waals surface area contributed by atoms with Crippen molar-refractivity contribution in [1.82, 2.24) is 0 Å². The van der Waals surface area contributed by atoms with E-state index >= 15 is 0 Å². The third-order valence-electron chi connectivity index (χ3n) is 2.82. The molecule has 0 saturated heterocycles. The second-order valence-electron chi connectivity index (χ2n) is 3.98. The zero-order chi connectivity index (χ0) is 9.64. The third kappa shape index (κ3) is 1.19. The molecule has 2 rings (SSSR count). The van der Waals surface area contributed by atoms with Gasteiger partial charge in [0.05, 0.1) is 5.69 Å². The average Bonchev–Trinajstić information content (AvgIpc) is 2.27. The van der Waals surface area contributed by atoms with E-state index in [1.54, 1.807) is 0 Å². The summed E-state index contributed by atoms with van der Waals surface area (Å²) in [6, 6.07) is 5.88. The summed E-state index contributed by atoms with van der Waals surface area (Å²) >= 11 is 5.95. The van der Waals surface area contributed by atoms with E-state index in [0.717, 1.165) is 16.4 Å². The van der Waals surface area contributed by atoms with Gasteiger partial charge in [-0.15, -0.1) is 0 Å². The molecule has 1 nitrogen and oxygen atoms in total. The Morgan fingerprint density at radius 3 is 2.69 bits per heavy atom. The van der Waals surface area contributed by atoms with Crippen molar-refractivity contribution in [3.63, 3.8) is 0 Å². The van der Waals surface area contributed by atoms with Crippen molar-refractivity contribution in [3.8, 4) is 0 Å². The van der Waals surface area contributed by atoms with Crippen LogP contribution in [0.5, 0.6) is 0 Å². The van der Waals surface area contributed by atoms with Crippen LogP contribution in [0, 0.1) is 0 Å². The number of halogens is 1. The van der Waals surface area contributed by atoms with Gasteiger partial charge in [-0.25, -0.2) is 0 Å². The summed E-state index contributed by atoms with van der Waals surface area (Å²) in [6.45, 7) is 6.41. The molecule has 2 heteroatoms. The lowest BCUT2D eigenvalue weighted by molar-refractivity contribution is 0.733. The molecule has 0 aliphatic carbocycles. The number of aliphatic imine (C=N–C) groups is 1. The van der Waals surface area contributed by atoms with Crippen molar-refractivity contribution >= 4 is 23.0 Å². The van der Waals surface area contributed by atoms with E-state index in [0.29, 0.717) is 0 Å². The molecule has 1 aliphatic rings. The van der Waals surface area contributed by atoms with Crippen molar-refractivity contribution in [2.24, 2.45) is 4.99 Å². The molecule has 0 saturated carbocycles. The first-order valence-corrected chi connectivity index (χ1v) is 4.75. The minimum absolute atomic E-state index is 0.0419. The fourth-order valence-corrected chi connectivity index (χ4v) is 1.79. The van der Waals surface area contributed by atoms with Crippen LogP contribution in [0.15, 0.2) is 23.2 Å². The second-order valence-corrected chi connectivity index (χ2v) is 4.42. The summed E-state index contributed by atoms with van der Waals surface area (Å²) in [5, 5.41) is 0.789. The van der Waals surface area contributed by atoms with Crippen LogP contribution in [0.3, 0.4) is 0 Å². The number of hydrogen-bond acceptors (Lipinski definition) is 1. The molecule has 0 aromatic heterocycles. The molecule has 0 bridgehead atoms. The van der Waals surface area contributed by atoms with Gasteiger partial charge in [0, 0.05) is 16.1 Å². The molecule has 0 N–H and O–H groups in total. The molecule has 1 aromatic carbocycles. The Bertz CT molecular complexity index is 391. The topological polar surface area (TPSA) is 12.4 Å². The maximum atomic E-state index is 5.95. The van der Waals surface area contributed by atoms with Crippen molar-refractivity contribution in [2.45, 2.75) is 26.2 Å². The Morgan fingerprint density at radius 2 is 2.00 bits per heavy atom. The number of rotatable bonds is 0. The fraction of sp³-hybridized carbons (Fsp3) is 0.364. The minimum Gasteiger partial charge on any atom is -0.257 e. The lowest BCUT2D eigenvalue weighted by atomic mass is 9.82. The second kappa shape index (κ2) is 2.58. The van der Waals surface area contributed by atoms with Gasteiger partial charge in [0.25, 0.3) is 0 Å². The lowest BCUT2D eigenvalue weighted by Crippen LogP contribution is -2.22. The molecular weight excluding hydrogens is 182 g/mol. The molecule has 1 aromatic rings. The summed E-state index contributed by atoms with van der Waals surface area (Å²) in [5.74, 6) is 0. The van der Waals surface area contributed by atoms with Gasteiger partial charge in [-0.1, -0.05) is 25.4 Å².